The van der Waals surface area contributed by atoms with Crippen LogP contribution in [0.4, 0.5) is 0 Å². The second-order valence-corrected chi connectivity index (χ2v) is 1.52. The molecule has 0 amide bonds. The summed E-state index contributed by atoms with van der Waals surface area (Å²) in [6.07, 6.45) is 2.57. The Morgan fingerprint density at radius 1 is 1.78 bits per heavy atom. The second-order valence-electron chi connectivity index (χ2n) is 1.52. The van der Waals surface area contributed by atoms with Crippen molar-refractivity contribution in [2.75, 3.05) is 6.61 Å². The minimum atomic E-state index is -0.666. The fourth-order valence-electron chi connectivity index (χ4n) is 0.416. The summed E-state index contributed by atoms with van der Waals surface area (Å²) in [4.78, 5) is 9.56. The Kier molecular flexibility index (Phi) is 4.82. The van der Waals surface area contributed by atoms with Gasteiger partial charge in [0.2, 0.25) is 0 Å². The Labute approximate surface area is 53.9 Å². The lowest BCUT2D eigenvalue weighted by Crippen LogP contribution is -2.10. The summed E-state index contributed by atoms with van der Waals surface area (Å²) in [7, 11) is 0. The van der Waals surface area contributed by atoms with Gasteiger partial charge in [0, 0.05) is 0 Å². The van der Waals surface area contributed by atoms with Gasteiger partial charge in [-0.05, 0) is 6.92 Å². The van der Waals surface area contributed by atoms with Crippen LogP contribution >= 0.6 is 0 Å². The number of hydrogen-bond donors (Lipinski definition) is 1. The zero-order valence-electron chi connectivity index (χ0n) is 5.28. The van der Waals surface area contributed by atoms with E-state index in [1.165, 1.54) is 0 Å². The number of hydrogen-bond acceptors (Lipinski definition) is 3. The molecule has 1 unspecified atom stereocenters. The van der Waals surface area contributed by atoms with Crippen LogP contribution in [0.25, 0.3) is 0 Å². The number of ether oxygens (including phenoxy) is 1. The largest absolute Gasteiger partial charge is 0.465 e. The molecule has 0 aromatic heterocycles. The van der Waals surface area contributed by atoms with E-state index in [1.807, 2.05) is 0 Å². The molecule has 0 rings (SSSR count). The Balaban J connectivity index is 3.25. The lowest BCUT2D eigenvalue weighted by atomic mass is 10.3. The van der Waals surface area contributed by atoms with E-state index in [0.717, 1.165) is 0 Å². The van der Waals surface area contributed by atoms with Crippen LogP contribution in [0.5, 0.6) is 0 Å². The summed E-state index contributed by atoms with van der Waals surface area (Å²) < 4.78 is 4.27. The molecule has 3 nitrogen and oxygen atoms in total. The van der Waals surface area contributed by atoms with Crippen LogP contribution in [0.15, 0.2) is 12.2 Å². The van der Waals surface area contributed by atoms with E-state index in [2.05, 4.69) is 4.74 Å². The Bertz CT molecular complexity index is 98.5. The molecule has 0 bridgehead atoms. The highest BCUT2D eigenvalue weighted by Crippen LogP contribution is 1.84. The van der Waals surface area contributed by atoms with Crippen LogP contribution < -0.4 is 0 Å². The van der Waals surface area contributed by atoms with Gasteiger partial charge in [-0.1, -0.05) is 12.2 Å². The molecule has 0 spiro atoms. The van der Waals surface area contributed by atoms with Gasteiger partial charge < -0.3 is 9.84 Å². The van der Waals surface area contributed by atoms with Crippen LogP contribution in [0.1, 0.15) is 6.92 Å². The number of aliphatic hydroxyl groups is 1. The van der Waals surface area contributed by atoms with Crippen molar-refractivity contribution in [2.45, 2.75) is 13.0 Å². The maximum Gasteiger partial charge on any atom is 0.293 e. The Morgan fingerprint density at radius 3 is 2.89 bits per heavy atom. The monoisotopic (exact) mass is 130 g/mol. The highest BCUT2D eigenvalue weighted by Gasteiger charge is 1.95. The normalized spacial score (nSPS) is 13.6. The fourth-order valence-corrected chi connectivity index (χ4v) is 0.416. The van der Waals surface area contributed by atoms with Gasteiger partial charge in [0.25, 0.3) is 6.47 Å². The fraction of sp³-hybridized carbons (Fsp3) is 0.500. The summed E-state index contributed by atoms with van der Waals surface area (Å²) in [5.74, 6) is 0. The molecule has 1 atom stereocenters. The highest BCUT2D eigenvalue weighted by atomic mass is 16.5. The van der Waals surface area contributed by atoms with Gasteiger partial charge in [0.1, 0.15) is 12.7 Å². The molecule has 0 heterocycles. The van der Waals surface area contributed by atoms with Crippen molar-refractivity contribution in [3.05, 3.63) is 12.2 Å². The number of carbonyl (C=O) groups excluding carboxylic acids is 1. The SMILES string of the molecule is C/C=C\C(O)COC=O. The van der Waals surface area contributed by atoms with Gasteiger partial charge >= 0.3 is 0 Å². The van der Waals surface area contributed by atoms with Crippen LogP contribution in [0.2, 0.25) is 0 Å². The number of aliphatic hydroxyl groups excluding tert-OH is 1. The summed E-state index contributed by atoms with van der Waals surface area (Å²) in [5, 5.41) is 8.81. The van der Waals surface area contributed by atoms with E-state index in [4.69, 9.17) is 5.11 Å². The third-order valence-corrected chi connectivity index (χ3v) is 0.750. The molecule has 0 fully saturated rings. The van der Waals surface area contributed by atoms with Crippen molar-refractivity contribution in [1.82, 2.24) is 0 Å². The first-order valence-electron chi connectivity index (χ1n) is 2.67. The summed E-state index contributed by atoms with van der Waals surface area (Å²) in [6.45, 7) is 2.13. The molecule has 9 heavy (non-hydrogen) atoms. The zero-order valence-corrected chi connectivity index (χ0v) is 5.28. The summed E-state index contributed by atoms with van der Waals surface area (Å²) in [5.41, 5.74) is 0. The standard InChI is InChI=1S/C6H10O3/c1-2-3-6(8)4-9-5-7/h2-3,5-6,8H,4H2,1H3/b3-2-. The topological polar surface area (TPSA) is 46.5 Å². The molecular weight excluding hydrogens is 120 g/mol. The Morgan fingerprint density at radius 2 is 2.44 bits per heavy atom. The third kappa shape index (κ3) is 5.03. The molecule has 0 aliphatic rings. The highest BCUT2D eigenvalue weighted by molar-refractivity contribution is 5.36. The molecule has 0 radical (unpaired) electrons. The van der Waals surface area contributed by atoms with Crippen LogP contribution in [-0.2, 0) is 9.53 Å². The molecule has 1 N–H and O–H groups in total. The van der Waals surface area contributed by atoms with Crippen molar-refractivity contribution in [2.24, 2.45) is 0 Å². The van der Waals surface area contributed by atoms with E-state index in [-0.39, 0.29) is 6.61 Å². The molecule has 0 aliphatic heterocycles. The van der Waals surface area contributed by atoms with Crippen molar-refractivity contribution in [1.29, 1.82) is 0 Å². The molecule has 0 saturated heterocycles. The first kappa shape index (κ1) is 8.17. The van der Waals surface area contributed by atoms with Crippen molar-refractivity contribution < 1.29 is 14.6 Å². The molecular formula is C6H10O3. The van der Waals surface area contributed by atoms with Crippen molar-refractivity contribution >= 4 is 6.47 Å². The maximum absolute atomic E-state index is 9.56. The van der Waals surface area contributed by atoms with Crippen LogP contribution in [0.3, 0.4) is 0 Å². The van der Waals surface area contributed by atoms with Gasteiger partial charge in [-0.25, -0.2) is 0 Å². The van der Waals surface area contributed by atoms with E-state index >= 15 is 0 Å². The smallest absolute Gasteiger partial charge is 0.293 e. The molecule has 0 aliphatic carbocycles. The van der Waals surface area contributed by atoms with E-state index in [0.29, 0.717) is 6.47 Å². The van der Waals surface area contributed by atoms with Gasteiger partial charge in [0.15, 0.2) is 0 Å². The average Bonchev–Trinajstić information content (AvgIpc) is 1.85. The third-order valence-electron chi connectivity index (χ3n) is 0.750. The average molecular weight is 130 g/mol. The quantitative estimate of drug-likeness (QED) is 0.433. The summed E-state index contributed by atoms with van der Waals surface area (Å²) >= 11 is 0. The summed E-state index contributed by atoms with van der Waals surface area (Å²) in [6, 6.07) is 0. The zero-order chi connectivity index (χ0) is 7.11. The van der Waals surface area contributed by atoms with E-state index < -0.39 is 6.10 Å². The van der Waals surface area contributed by atoms with Gasteiger partial charge in [0.05, 0.1) is 0 Å². The first-order valence-corrected chi connectivity index (χ1v) is 2.67. The molecule has 0 aromatic carbocycles. The molecule has 0 aromatic rings. The predicted octanol–water partition coefficient (Wildman–Crippen LogP) is 0.0964. The van der Waals surface area contributed by atoms with Crippen LogP contribution in [-0.4, -0.2) is 24.3 Å². The van der Waals surface area contributed by atoms with E-state index in [9.17, 15) is 4.79 Å². The lowest BCUT2D eigenvalue weighted by Gasteiger charge is -2.00. The first-order chi connectivity index (χ1) is 4.31. The number of carbonyl (C=O) groups is 1. The van der Waals surface area contributed by atoms with E-state index in [1.54, 1.807) is 19.1 Å². The van der Waals surface area contributed by atoms with Crippen molar-refractivity contribution in [3.63, 3.8) is 0 Å². The minimum Gasteiger partial charge on any atom is -0.465 e. The lowest BCUT2D eigenvalue weighted by molar-refractivity contribution is -0.130. The van der Waals surface area contributed by atoms with Crippen LogP contribution in [0, 0.1) is 0 Å². The van der Waals surface area contributed by atoms with Gasteiger partial charge in [-0.2, -0.15) is 0 Å². The maximum atomic E-state index is 9.56. The predicted molar refractivity (Wildman–Crippen MR) is 32.8 cm³/mol. The Hall–Kier alpha value is -0.830. The minimum absolute atomic E-state index is 0.0356. The van der Waals surface area contributed by atoms with Gasteiger partial charge in [-0.15, -0.1) is 0 Å². The molecule has 0 saturated carbocycles. The number of allylic oxidation sites excluding steroid dienone is 1. The molecule has 52 valence electrons. The van der Waals surface area contributed by atoms with Crippen molar-refractivity contribution in [3.8, 4) is 0 Å². The van der Waals surface area contributed by atoms with Gasteiger partial charge in [-0.3, -0.25) is 4.79 Å². The molecule has 3 heteroatoms. The second kappa shape index (κ2) is 5.31. The number of rotatable bonds is 4.